The number of nitrogens with one attached hydrogen (secondary N) is 2. The quantitative estimate of drug-likeness (QED) is 0.379. The molecular formula is C23H15F2N5O5S. The van der Waals surface area contributed by atoms with Gasteiger partial charge in [0.25, 0.3) is 15.9 Å². The number of halogens is 2. The molecule has 0 atom stereocenters. The predicted octanol–water partition coefficient (Wildman–Crippen LogP) is 3.95. The zero-order valence-corrected chi connectivity index (χ0v) is 19.1. The topological polar surface area (TPSA) is 147 Å². The molecule has 36 heavy (non-hydrogen) atoms. The molecule has 0 spiro atoms. The zero-order chi connectivity index (χ0) is 25.9. The number of aromatic nitrogens is 2. The molecule has 2 heterocycles. The summed E-state index contributed by atoms with van der Waals surface area (Å²) < 4.78 is 66.4. The van der Waals surface area contributed by atoms with Crippen molar-refractivity contribution in [2.45, 2.75) is 4.90 Å². The van der Waals surface area contributed by atoms with Crippen LogP contribution >= 0.6 is 0 Å². The van der Waals surface area contributed by atoms with E-state index in [1.165, 1.54) is 12.3 Å². The molecule has 0 unspecified atom stereocenters. The van der Waals surface area contributed by atoms with Crippen LogP contribution in [0.4, 0.5) is 20.2 Å². The normalized spacial score (nSPS) is 10.9. The van der Waals surface area contributed by atoms with E-state index in [9.17, 15) is 22.0 Å². The fourth-order valence-corrected chi connectivity index (χ4v) is 4.26. The first-order chi connectivity index (χ1) is 17.2. The van der Waals surface area contributed by atoms with Gasteiger partial charge in [0, 0.05) is 11.6 Å². The molecular weight excluding hydrogens is 496 g/mol. The van der Waals surface area contributed by atoms with Gasteiger partial charge in [-0.05, 0) is 12.1 Å². The number of carbonyl (C=O) groups is 1. The third-order valence-corrected chi connectivity index (χ3v) is 6.10. The van der Waals surface area contributed by atoms with Crippen LogP contribution in [0.5, 0.6) is 5.88 Å². The molecule has 4 rings (SSSR count). The van der Waals surface area contributed by atoms with Crippen LogP contribution in [0.25, 0.3) is 11.3 Å². The Morgan fingerprint density at radius 2 is 1.83 bits per heavy atom. The van der Waals surface area contributed by atoms with E-state index in [1.54, 1.807) is 24.3 Å². The highest BCUT2D eigenvalue weighted by Crippen LogP contribution is 2.29. The van der Waals surface area contributed by atoms with E-state index in [2.05, 4.69) is 15.3 Å². The molecule has 0 aliphatic rings. The number of methoxy groups -OCH3 is 1. The Kier molecular flexibility index (Phi) is 6.62. The number of rotatable bonds is 7. The number of pyridine rings is 1. The lowest BCUT2D eigenvalue weighted by Crippen LogP contribution is -2.17. The highest BCUT2D eigenvalue weighted by atomic mass is 32.2. The first-order valence-corrected chi connectivity index (χ1v) is 11.5. The molecule has 0 fully saturated rings. The molecule has 0 saturated carbocycles. The van der Waals surface area contributed by atoms with Crippen LogP contribution in [-0.4, -0.2) is 31.4 Å². The Bertz CT molecular complexity index is 1600. The van der Waals surface area contributed by atoms with Gasteiger partial charge in [0.15, 0.2) is 10.7 Å². The van der Waals surface area contributed by atoms with E-state index in [-0.39, 0.29) is 17.5 Å². The van der Waals surface area contributed by atoms with Crippen LogP contribution in [0.3, 0.4) is 0 Å². The molecule has 0 saturated heterocycles. The van der Waals surface area contributed by atoms with E-state index >= 15 is 0 Å². The Labute approximate surface area is 203 Å². The molecule has 1 amide bonds. The number of benzene rings is 2. The standard InChI is InChI=1S/C23H15F2N5O5S/c1-34-22-20(36(32,33)30-18-9-16(24)14(10-26)7-17(18)25)8-15(11-27-22)29-21(31)23-28-12-19(35-23)13-5-3-2-4-6-13/h2-9,11-12,30H,1H3,(H,29,31). The van der Waals surface area contributed by atoms with Gasteiger partial charge in [-0.15, -0.1) is 0 Å². The second kappa shape index (κ2) is 9.80. The smallest absolute Gasteiger partial charge is 0.311 e. The van der Waals surface area contributed by atoms with Crippen molar-refractivity contribution in [2.24, 2.45) is 0 Å². The van der Waals surface area contributed by atoms with Gasteiger partial charge in [-0.2, -0.15) is 5.26 Å². The lowest BCUT2D eigenvalue weighted by atomic mass is 10.2. The van der Waals surface area contributed by atoms with Crippen molar-refractivity contribution in [2.75, 3.05) is 17.1 Å². The van der Waals surface area contributed by atoms with Gasteiger partial charge in [0.05, 0.1) is 36.4 Å². The summed E-state index contributed by atoms with van der Waals surface area (Å²) in [5, 5.41) is 11.2. The van der Waals surface area contributed by atoms with Gasteiger partial charge in [-0.3, -0.25) is 9.52 Å². The Morgan fingerprint density at radius 3 is 2.53 bits per heavy atom. The van der Waals surface area contributed by atoms with Crippen molar-refractivity contribution in [3.05, 3.63) is 84.0 Å². The molecule has 4 aromatic rings. The molecule has 2 aromatic carbocycles. The van der Waals surface area contributed by atoms with Crippen molar-refractivity contribution in [3.8, 4) is 23.3 Å². The summed E-state index contributed by atoms with van der Waals surface area (Å²) in [6.45, 7) is 0. The summed E-state index contributed by atoms with van der Waals surface area (Å²) in [5.74, 6) is -3.41. The second-order valence-electron chi connectivity index (χ2n) is 7.11. The molecule has 2 N–H and O–H groups in total. The Morgan fingerprint density at radius 1 is 1.08 bits per heavy atom. The van der Waals surface area contributed by atoms with Crippen LogP contribution in [-0.2, 0) is 10.0 Å². The summed E-state index contributed by atoms with van der Waals surface area (Å²) >= 11 is 0. The maximum absolute atomic E-state index is 14.2. The molecule has 182 valence electrons. The molecule has 0 aliphatic heterocycles. The molecule has 10 nitrogen and oxygen atoms in total. The van der Waals surface area contributed by atoms with Crippen molar-refractivity contribution >= 4 is 27.3 Å². The first-order valence-electron chi connectivity index (χ1n) is 10.0. The van der Waals surface area contributed by atoms with E-state index in [0.717, 1.165) is 19.4 Å². The van der Waals surface area contributed by atoms with Gasteiger partial charge in [0.1, 0.15) is 17.7 Å². The van der Waals surface area contributed by atoms with Gasteiger partial charge >= 0.3 is 5.91 Å². The number of oxazole rings is 1. The zero-order valence-electron chi connectivity index (χ0n) is 18.3. The maximum atomic E-state index is 14.2. The molecule has 13 heteroatoms. The lowest BCUT2D eigenvalue weighted by Gasteiger charge is -2.13. The van der Waals surface area contributed by atoms with Crippen molar-refractivity contribution < 1.29 is 31.1 Å². The summed E-state index contributed by atoms with van der Waals surface area (Å²) in [6.07, 6.45) is 2.49. The monoisotopic (exact) mass is 511 g/mol. The number of nitrogens with zero attached hydrogens (tertiary/aromatic N) is 3. The first kappa shape index (κ1) is 24.3. The summed E-state index contributed by atoms with van der Waals surface area (Å²) in [6, 6.07) is 12.5. The van der Waals surface area contributed by atoms with Crippen molar-refractivity contribution in [1.82, 2.24) is 9.97 Å². The van der Waals surface area contributed by atoms with Crippen molar-refractivity contribution in [1.29, 1.82) is 5.26 Å². The van der Waals surface area contributed by atoms with Gasteiger partial charge in [-0.25, -0.2) is 27.2 Å². The number of hydrogen-bond donors (Lipinski definition) is 2. The summed E-state index contributed by atoms with van der Waals surface area (Å²) in [7, 11) is -3.43. The minimum absolute atomic E-state index is 0.0767. The van der Waals surface area contributed by atoms with E-state index < -0.39 is 43.7 Å². The average molecular weight is 511 g/mol. The van der Waals surface area contributed by atoms with Gasteiger partial charge in [-0.1, -0.05) is 30.3 Å². The third kappa shape index (κ3) is 4.98. The largest absolute Gasteiger partial charge is 0.480 e. The highest BCUT2D eigenvalue weighted by molar-refractivity contribution is 7.92. The number of anilines is 2. The molecule has 0 bridgehead atoms. The number of nitriles is 1. The van der Waals surface area contributed by atoms with Crippen molar-refractivity contribution in [3.63, 3.8) is 0 Å². The number of ether oxygens (including phenoxy) is 1. The average Bonchev–Trinajstić information content (AvgIpc) is 3.37. The molecule has 2 aromatic heterocycles. The fourth-order valence-electron chi connectivity index (χ4n) is 3.06. The molecule has 0 radical (unpaired) electrons. The van der Waals surface area contributed by atoms with Gasteiger partial charge in [0.2, 0.25) is 5.88 Å². The maximum Gasteiger partial charge on any atom is 0.311 e. The summed E-state index contributed by atoms with van der Waals surface area (Å²) in [4.78, 5) is 19.8. The highest BCUT2D eigenvalue weighted by Gasteiger charge is 2.25. The Hall–Kier alpha value is -4.83. The SMILES string of the molecule is COc1ncc(NC(=O)c2ncc(-c3ccccc3)o2)cc1S(=O)(=O)Nc1cc(F)c(C#N)cc1F. The summed E-state index contributed by atoms with van der Waals surface area (Å²) in [5.41, 5.74) is -0.717. The number of amides is 1. The Balaban J connectivity index is 1.60. The van der Waals surface area contributed by atoms with Crippen LogP contribution in [0.1, 0.15) is 16.2 Å². The third-order valence-electron chi connectivity index (χ3n) is 4.74. The predicted molar refractivity (Wildman–Crippen MR) is 123 cm³/mol. The number of hydrogen-bond acceptors (Lipinski definition) is 8. The van der Waals surface area contributed by atoms with Crippen LogP contribution in [0.2, 0.25) is 0 Å². The van der Waals surface area contributed by atoms with E-state index in [4.69, 9.17) is 14.4 Å². The molecule has 0 aliphatic carbocycles. The van der Waals surface area contributed by atoms with Crippen LogP contribution in [0.15, 0.2) is 70.2 Å². The fraction of sp³-hybridized carbons (Fsp3) is 0.0435. The number of sulfonamides is 1. The minimum Gasteiger partial charge on any atom is -0.480 e. The second-order valence-corrected chi connectivity index (χ2v) is 8.76. The van der Waals surface area contributed by atoms with Crippen LogP contribution in [0, 0.1) is 23.0 Å². The van der Waals surface area contributed by atoms with E-state index in [1.807, 2.05) is 10.8 Å². The number of carbonyl (C=O) groups excluding carboxylic acids is 1. The lowest BCUT2D eigenvalue weighted by molar-refractivity contribution is 0.0991. The van der Waals surface area contributed by atoms with Crippen LogP contribution < -0.4 is 14.8 Å². The van der Waals surface area contributed by atoms with E-state index in [0.29, 0.717) is 23.5 Å². The minimum atomic E-state index is -4.59. The van der Waals surface area contributed by atoms with Gasteiger partial charge < -0.3 is 14.5 Å².